The molecule has 0 amide bonds. The summed E-state index contributed by atoms with van der Waals surface area (Å²) in [6, 6.07) is 13.7. The van der Waals surface area contributed by atoms with Gasteiger partial charge in [0.2, 0.25) is 0 Å². The fraction of sp³-hybridized carbons (Fsp3) is 0.444. The molecule has 0 aliphatic carbocycles. The smallest absolute Gasteiger partial charge is 0.343 e. The van der Waals surface area contributed by atoms with Crippen LogP contribution >= 0.6 is 0 Å². The molecule has 1 aliphatic rings. The first-order chi connectivity index (χ1) is 14.7. The van der Waals surface area contributed by atoms with Crippen LogP contribution in [0.5, 0.6) is 0 Å². The molecule has 2 heterocycles. The highest BCUT2D eigenvalue weighted by Crippen LogP contribution is 2.45. The fourth-order valence-electron chi connectivity index (χ4n) is 5.17. The third kappa shape index (κ3) is 3.60. The Morgan fingerprint density at radius 3 is 2.10 bits per heavy atom. The van der Waals surface area contributed by atoms with E-state index in [1.807, 2.05) is 0 Å². The van der Waals surface area contributed by atoms with Gasteiger partial charge in [0.05, 0.1) is 12.6 Å². The van der Waals surface area contributed by atoms with Crippen molar-refractivity contribution in [2.45, 2.75) is 66.6 Å². The van der Waals surface area contributed by atoms with Crippen LogP contribution in [0.25, 0.3) is 11.4 Å². The summed E-state index contributed by atoms with van der Waals surface area (Å²) in [4.78, 5) is 2.67. The number of para-hydroxylation sites is 1. The molecule has 0 unspecified atom stereocenters. The molecule has 4 heteroatoms. The minimum atomic E-state index is 0.253. The maximum Gasteiger partial charge on any atom is 0.506 e. The van der Waals surface area contributed by atoms with Gasteiger partial charge in [-0.25, -0.2) is 4.57 Å². The molecule has 1 aliphatic heterocycles. The van der Waals surface area contributed by atoms with Gasteiger partial charge in [0.25, 0.3) is 5.82 Å². The van der Waals surface area contributed by atoms with Gasteiger partial charge in [-0.15, -0.1) is 0 Å². The van der Waals surface area contributed by atoms with Crippen molar-refractivity contribution < 1.29 is 4.48 Å². The van der Waals surface area contributed by atoms with Crippen molar-refractivity contribution in [2.24, 2.45) is 13.0 Å². The van der Waals surface area contributed by atoms with E-state index in [1.54, 1.807) is 0 Å². The van der Waals surface area contributed by atoms with Crippen molar-refractivity contribution in [2.75, 3.05) is 4.81 Å². The van der Waals surface area contributed by atoms with Crippen LogP contribution < -0.4 is 9.29 Å². The number of hydrogen-bond donors (Lipinski definition) is 0. The first-order valence-electron chi connectivity index (χ1n) is 11.8. The first kappa shape index (κ1) is 21.7. The summed E-state index contributed by atoms with van der Waals surface area (Å²) in [5.41, 5.74) is 8.30. The number of benzene rings is 2. The second-order valence-electron chi connectivity index (χ2n) is 10.2. The van der Waals surface area contributed by atoms with E-state index < -0.39 is 0 Å². The summed E-state index contributed by atoms with van der Waals surface area (Å²) in [7, 11) is 2.17. The lowest BCUT2D eigenvalue weighted by Crippen LogP contribution is -2.64. The summed E-state index contributed by atoms with van der Waals surface area (Å²) < 4.78 is 4.80. The SMILES string of the molecule is Cc1cccc2c1-c1n(C)cc[n+]1B(CC(C)C)N2c1c(C(C)C)cccc1C(C)C. The normalized spacial score (nSPS) is 13.4. The van der Waals surface area contributed by atoms with Crippen molar-refractivity contribution in [1.82, 2.24) is 4.57 Å². The van der Waals surface area contributed by atoms with E-state index in [1.165, 1.54) is 39.5 Å². The minimum absolute atomic E-state index is 0.253. The zero-order chi connectivity index (χ0) is 22.4. The van der Waals surface area contributed by atoms with Gasteiger partial charge in [-0.05, 0) is 53.8 Å². The number of anilines is 2. The number of aryl methyl sites for hydroxylation is 2. The van der Waals surface area contributed by atoms with Gasteiger partial charge in [-0.1, -0.05) is 71.9 Å². The van der Waals surface area contributed by atoms with Gasteiger partial charge < -0.3 is 4.81 Å². The van der Waals surface area contributed by atoms with Gasteiger partial charge in [-0.3, -0.25) is 4.48 Å². The molecule has 3 nitrogen and oxygen atoms in total. The average molecular weight is 414 g/mol. The predicted molar refractivity (Wildman–Crippen MR) is 133 cm³/mol. The monoisotopic (exact) mass is 414 g/mol. The number of rotatable bonds is 5. The quantitative estimate of drug-likeness (QED) is 0.424. The van der Waals surface area contributed by atoms with Gasteiger partial charge in [0.1, 0.15) is 12.4 Å². The molecule has 0 saturated heterocycles. The molecule has 0 N–H and O–H groups in total. The van der Waals surface area contributed by atoms with Gasteiger partial charge in [-0.2, -0.15) is 0 Å². The average Bonchev–Trinajstić information content (AvgIpc) is 3.09. The third-order valence-corrected chi connectivity index (χ3v) is 6.65. The molecule has 1 aromatic heterocycles. The van der Waals surface area contributed by atoms with Crippen molar-refractivity contribution in [3.05, 3.63) is 65.5 Å². The Bertz CT molecular complexity index is 1070. The lowest BCUT2D eigenvalue weighted by molar-refractivity contribution is -0.526. The Balaban J connectivity index is 2.10. The maximum absolute atomic E-state index is 2.67. The number of nitrogens with zero attached hydrogens (tertiary/aromatic N) is 3. The van der Waals surface area contributed by atoms with Crippen LogP contribution in [0.4, 0.5) is 11.4 Å². The molecule has 0 fully saturated rings. The summed E-state index contributed by atoms with van der Waals surface area (Å²) in [5, 5.41) is 0. The van der Waals surface area contributed by atoms with Crippen LogP contribution in [0.15, 0.2) is 48.8 Å². The molecular formula is C27H37BN3+. The summed E-state index contributed by atoms with van der Waals surface area (Å²) >= 11 is 0. The van der Waals surface area contributed by atoms with E-state index in [4.69, 9.17) is 0 Å². The van der Waals surface area contributed by atoms with E-state index in [0.29, 0.717) is 17.8 Å². The molecule has 2 aromatic carbocycles. The van der Waals surface area contributed by atoms with E-state index in [-0.39, 0.29) is 6.98 Å². The highest BCUT2D eigenvalue weighted by molar-refractivity contribution is 6.58. The molecule has 0 spiro atoms. The maximum atomic E-state index is 2.67. The lowest BCUT2D eigenvalue weighted by Gasteiger charge is -2.38. The molecule has 0 bridgehead atoms. The van der Waals surface area contributed by atoms with E-state index >= 15 is 0 Å². The molecule has 0 radical (unpaired) electrons. The highest BCUT2D eigenvalue weighted by Gasteiger charge is 2.45. The number of aromatic nitrogens is 2. The third-order valence-electron chi connectivity index (χ3n) is 6.65. The van der Waals surface area contributed by atoms with Crippen molar-refractivity contribution >= 4 is 18.4 Å². The lowest BCUT2D eigenvalue weighted by atomic mass is 9.62. The molecule has 31 heavy (non-hydrogen) atoms. The molecular weight excluding hydrogens is 377 g/mol. The molecule has 3 aromatic rings. The Labute approximate surface area is 188 Å². The topological polar surface area (TPSA) is 12.0 Å². The predicted octanol–water partition coefficient (Wildman–Crippen LogP) is 6.68. The van der Waals surface area contributed by atoms with Gasteiger partial charge >= 0.3 is 6.98 Å². The van der Waals surface area contributed by atoms with Crippen LogP contribution in [0.3, 0.4) is 0 Å². The largest absolute Gasteiger partial charge is 0.506 e. The van der Waals surface area contributed by atoms with Gasteiger partial charge in [0, 0.05) is 11.4 Å². The molecule has 0 atom stereocenters. The van der Waals surface area contributed by atoms with E-state index in [2.05, 4.69) is 118 Å². The fourth-order valence-corrected chi connectivity index (χ4v) is 5.17. The van der Waals surface area contributed by atoms with Crippen LogP contribution in [0.1, 0.15) is 70.1 Å². The zero-order valence-electron chi connectivity index (χ0n) is 20.5. The van der Waals surface area contributed by atoms with Crippen LogP contribution in [-0.4, -0.2) is 11.5 Å². The molecule has 4 rings (SSSR count). The highest BCUT2D eigenvalue weighted by atomic mass is 15.2. The molecule has 0 saturated carbocycles. The standard InChI is InChI=1S/C27H37BN3/c1-18(2)17-28-30-16-15-29(8)27(30)25-21(7)11-9-14-24(25)31(28)26-22(19(3)4)12-10-13-23(26)20(5)6/h9-16,18-20H,17H2,1-8H3/q+1. The summed E-state index contributed by atoms with van der Waals surface area (Å²) in [6.07, 6.45) is 5.58. The second kappa shape index (κ2) is 8.22. The Kier molecular flexibility index (Phi) is 5.76. The number of fused-ring (bicyclic) bond motifs is 3. The number of hydrogen-bond acceptors (Lipinski definition) is 1. The minimum Gasteiger partial charge on any atom is -0.343 e. The summed E-state index contributed by atoms with van der Waals surface area (Å²) in [5.74, 6) is 2.82. The Hall–Kier alpha value is -2.49. The summed E-state index contributed by atoms with van der Waals surface area (Å²) in [6.45, 7) is 16.5. The van der Waals surface area contributed by atoms with E-state index in [0.717, 1.165) is 6.32 Å². The zero-order valence-corrected chi connectivity index (χ0v) is 20.5. The van der Waals surface area contributed by atoms with Crippen LogP contribution in [0, 0.1) is 12.8 Å². The number of imidazole rings is 1. The Morgan fingerprint density at radius 1 is 0.903 bits per heavy atom. The van der Waals surface area contributed by atoms with Crippen LogP contribution in [0.2, 0.25) is 6.32 Å². The van der Waals surface area contributed by atoms with Crippen molar-refractivity contribution in [3.8, 4) is 11.4 Å². The van der Waals surface area contributed by atoms with Crippen molar-refractivity contribution in [3.63, 3.8) is 0 Å². The first-order valence-corrected chi connectivity index (χ1v) is 11.8. The Morgan fingerprint density at radius 2 is 1.52 bits per heavy atom. The van der Waals surface area contributed by atoms with Crippen LogP contribution in [-0.2, 0) is 7.05 Å². The molecule has 162 valence electrons. The van der Waals surface area contributed by atoms with Gasteiger partial charge in [0.15, 0.2) is 0 Å². The van der Waals surface area contributed by atoms with Crippen molar-refractivity contribution in [1.29, 1.82) is 0 Å². The second-order valence-corrected chi connectivity index (χ2v) is 10.2. The van der Waals surface area contributed by atoms with E-state index in [9.17, 15) is 0 Å².